The van der Waals surface area contributed by atoms with Gasteiger partial charge in [0.25, 0.3) is 0 Å². The summed E-state index contributed by atoms with van der Waals surface area (Å²) in [6, 6.07) is 0. The minimum Gasteiger partial charge on any atom is -0.261 e. The van der Waals surface area contributed by atoms with Crippen LogP contribution < -0.4 is 3.53 Å². The van der Waals surface area contributed by atoms with Crippen molar-refractivity contribution in [2.75, 3.05) is 6.54 Å². The summed E-state index contributed by atoms with van der Waals surface area (Å²) >= 11 is 2.15. The molecule has 38 valence electrons. The van der Waals surface area contributed by atoms with Crippen molar-refractivity contribution < 1.29 is 0 Å². The molecule has 1 N–H and O–H groups in total. The van der Waals surface area contributed by atoms with Crippen molar-refractivity contribution in [3.05, 3.63) is 0 Å². The minimum absolute atomic E-state index is 0.780. The molecule has 0 aromatic heterocycles. The molecule has 0 unspecified atom stereocenters. The third-order valence-corrected chi connectivity index (χ3v) is 0.926. The fourth-order valence-corrected chi connectivity index (χ4v) is 1.04. The van der Waals surface area contributed by atoms with E-state index in [-0.39, 0.29) is 0 Å². The van der Waals surface area contributed by atoms with Crippen LogP contribution in [0.4, 0.5) is 0 Å². The van der Waals surface area contributed by atoms with Crippen LogP contribution in [0.3, 0.4) is 0 Å². The van der Waals surface area contributed by atoms with Crippen molar-refractivity contribution in [1.29, 1.82) is 0 Å². The maximum absolute atomic E-state index is 3.04. The van der Waals surface area contributed by atoms with Crippen molar-refractivity contribution in [3.63, 3.8) is 0 Å². The smallest absolute Gasteiger partial charge is 0.0169 e. The van der Waals surface area contributed by atoms with Gasteiger partial charge < -0.3 is 0 Å². The second kappa shape index (κ2) is 3.87. The van der Waals surface area contributed by atoms with Gasteiger partial charge in [0.15, 0.2) is 0 Å². The zero-order valence-corrected chi connectivity index (χ0v) is 6.32. The molecular weight excluding hydrogens is 189 g/mol. The molecule has 0 saturated carbocycles. The molecule has 0 amide bonds. The molecule has 0 radical (unpaired) electrons. The van der Waals surface area contributed by atoms with Crippen LogP contribution in [0.1, 0.15) is 13.8 Å². The summed E-state index contributed by atoms with van der Waals surface area (Å²) in [6.07, 6.45) is 0. The van der Waals surface area contributed by atoms with Crippen molar-refractivity contribution in [1.82, 2.24) is 3.53 Å². The SMILES string of the molecule is CC(C)CNI. The molecule has 0 aliphatic carbocycles. The third kappa shape index (κ3) is 4.69. The number of halogens is 1. The topological polar surface area (TPSA) is 12.0 Å². The molecule has 0 aromatic rings. The lowest BCUT2D eigenvalue weighted by molar-refractivity contribution is 0.649. The van der Waals surface area contributed by atoms with Gasteiger partial charge in [-0.3, -0.25) is 3.53 Å². The predicted molar refractivity (Wildman–Crippen MR) is 36.9 cm³/mol. The maximum atomic E-state index is 3.04. The highest BCUT2D eigenvalue weighted by Crippen LogP contribution is 1.87. The molecule has 0 aliphatic rings. The summed E-state index contributed by atoms with van der Waals surface area (Å²) in [5, 5.41) is 0. The summed E-state index contributed by atoms with van der Waals surface area (Å²) in [4.78, 5) is 0. The zero-order valence-electron chi connectivity index (χ0n) is 4.16. The largest absolute Gasteiger partial charge is 0.261 e. The van der Waals surface area contributed by atoms with E-state index in [0.717, 1.165) is 12.5 Å². The van der Waals surface area contributed by atoms with E-state index in [1.165, 1.54) is 0 Å². The molecular formula is C4H10IN. The zero-order chi connectivity index (χ0) is 4.99. The lowest BCUT2D eigenvalue weighted by Crippen LogP contribution is -2.06. The summed E-state index contributed by atoms with van der Waals surface area (Å²) in [5.41, 5.74) is 0. The molecule has 0 saturated heterocycles. The van der Waals surface area contributed by atoms with E-state index in [1.54, 1.807) is 0 Å². The summed E-state index contributed by atoms with van der Waals surface area (Å²) < 4.78 is 3.04. The first-order chi connectivity index (χ1) is 2.77. The molecule has 0 aliphatic heterocycles. The van der Waals surface area contributed by atoms with Crippen LogP contribution in [-0.2, 0) is 0 Å². The number of hydrogen-bond donors (Lipinski definition) is 1. The Morgan fingerprint density at radius 3 is 2.17 bits per heavy atom. The summed E-state index contributed by atoms with van der Waals surface area (Å²) in [7, 11) is 0. The van der Waals surface area contributed by atoms with E-state index >= 15 is 0 Å². The Bertz CT molecular complexity index is 28.7. The van der Waals surface area contributed by atoms with Gasteiger partial charge in [-0.25, -0.2) is 0 Å². The quantitative estimate of drug-likeness (QED) is 0.525. The van der Waals surface area contributed by atoms with Gasteiger partial charge in [0.05, 0.1) is 0 Å². The van der Waals surface area contributed by atoms with E-state index in [2.05, 4.69) is 40.2 Å². The Morgan fingerprint density at radius 2 is 2.17 bits per heavy atom. The van der Waals surface area contributed by atoms with E-state index in [1.807, 2.05) is 0 Å². The van der Waals surface area contributed by atoms with Gasteiger partial charge >= 0.3 is 0 Å². The Kier molecular flexibility index (Phi) is 4.31. The average Bonchev–Trinajstić information content (AvgIpc) is 1.35. The molecule has 0 rings (SSSR count). The fraction of sp³-hybridized carbons (Fsp3) is 1.00. The average molecular weight is 199 g/mol. The highest BCUT2D eigenvalue weighted by Gasteiger charge is 1.85. The number of rotatable bonds is 2. The first-order valence-corrected chi connectivity index (χ1v) is 3.18. The first-order valence-electron chi connectivity index (χ1n) is 2.11. The van der Waals surface area contributed by atoms with Crippen LogP contribution in [0, 0.1) is 5.92 Å². The summed E-state index contributed by atoms with van der Waals surface area (Å²) in [5.74, 6) is 0.780. The van der Waals surface area contributed by atoms with Crippen molar-refractivity contribution in [2.24, 2.45) is 5.92 Å². The fourth-order valence-electron chi connectivity index (χ4n) is 0.154. The van der Waals surface area contributed by atoms with Gasteiger partial charge in [-0.15, -0.1) is 0 Å². The molecule has 0 bridgehead atoms. The second-order valence-electron chi connectivity index (χ2n) is 1.73. The molecule has 0 aromatic carbocycles. The van der Waals surface area contributed by atoms with Gasteiger partial charge in [-0.2, -0.15) is 0 Å². The van der Waals surface area contributed by atoms with Crippen LogP contribution in [0.2, 0.25) is 0 Å². The van der Waals surface area contributed by atoms with Crippen molar-refractivity contribution >= 4 is 22.9 Å². The Hall–Kier alpha value is 0.690. The normalized spacial score (nSPS) is 10.0. The van der Waals surface area contributed by atoms with Crippen LogP contribution in [0.5, 0.6) is 0 Å². The molecule has 2 heteroatoms. The maximum Gasteiger partial charge on any atom is 0.0169 e. The van der Waals surface area contributed by atoms with Crippen molar-refractivity contribution in [3.8, 4) is 0 Å². The Morgan fingerprint density at radius 1 is 1.67 bits per heavy atom. The van der Waals surface area contributed by atoms with Gasteiger partial charge in [0.2, 0.25) is 0 Å². The Labute approximate surface area is 53.0 Å². The molecule has 0 spiro atoms. The lowest BCUT2D eigenvalue weighted by Gasteiger charge is -1.96. The van der Waals surface area contributed by atoms with Crippen LogP contribution in [-0.4, -0.2) is 6.54 Å². The van der Waals surface area contributed by atoms with Crippen molar-refractivity contribution in [2.45, 2.75) is 13.8 Å². The third-order valence-electron chi connectivity index (χ3n) is 0.485. The highest BCUT2D eigenvalue weighted by atomic mass is 127. The van der Waals surface area contributed by atoms with Crippen LogP contribution >= 0.6 is 22.9 Å². The first kappa shape index (κ1) is 6.69. The molecule has 0 fully saturated rings. The molecule has 1 nitrogen and oxygen atoms in total. The van der Waals surface area contributed by atoms with E-state index < -0.39 is 0 Å². The van der Waals surface area contributed by atoms with Crippen LogP contribution in [0.25, 0.3) is 0 Å². The Balaban J connectivity index is 2.63. The lowest BCUT2D eigenvalue weighted by atomic mass is 10.2. The minimum atomic E-state index is 0.780. The monoisotopic (exact) mass is 199 g/mol. The number of hydrogen-bond acceptors (Lipinski definition) is 1. The summed E-state index contributed by atoms with van der Waals surface area (Å²) in [6.45, 7) is 5.48. The van der Waals surface area contributed by atoms with Crippen LogP contribution in [0.15, 0.2) is 0 Å². The van der Waals surface area contributed by atoms with Gasteiger partial charge in [-0.1, -0.05) is 13.8 Å². The number of nitrogens with one attached hydrogen (secondary N) is 1. The van der Waals surface area contributed by atoms with Gasteiger partial charge in [0, 0.05) is 29.4 Å². The van der Waals surface area contributed by atoms with E-state index in [0.29, 0.717) is 0 Å². The van der Waals surface area contributed by atoms with Gasteiger partial charge in [-0.05, 0) is 5.92 Å². The predicted octanol–water partition coefficient (Wildman–Crippen LogP) is 1.58. The molecule has 0 heterocycles. The molecule has 6 heavy (non-hydrogen) atoms. The molecule has 0 atom stereocenters. The van der Waals surface area contributed by atoms with Gasteiger partial charge in [0.1, 0.15) is 0 Å². The van der Waals surface area contributed by atoms with E-state index in [4.69, 9.17) is 0 Å². The highest BCUT2D eigenvalue weighted by molar-refractivity contribution is 14.1. The second-order valence-corrected chi connectivity index (χ2v) is 2.49. The van der Waals surface area contributed by atoms with E-state index in [9.17, 15) is 0 Å². The standard InChI is InChI=1S/C4H10IN/c1-4(2)3-6-5/h4,6H,3H2,1-2H3.